The van der Waals surface area contributed by atoms with Gasteiger partial charge >= 0.3 is 0 Å². The first kappa shape index (κ1) is 14.1. The maximum Gasteiger partial charge on any atom is 0.247 e. The van der Waals surface area contributed by atoms with E-state index in [2.05, 4.69) is 27.3 Å². The van der Waals surface area contributed by atoms with Crippen LogP contribution >= 0.6 is 15.9 Å². The van der Waals surface area contributed by atoms with Gasteiger partial charge in [-0.25, -0.2) is 0 Å². The van der Waals surface area contributed by atoms with Crippen LogP contribution in [0.25, 0.3) is 0 Å². The molecule has 0 spiro atoms. The van der Waals surface area contributed by atoms with E-state index in [0.29, 0.717) is 6.42 Å². The topological polar surface area (TPSA) is 55.1 Å². The van der Waals surface area contributed by atoms with Crippen molar-refractivity contribution in [3.05, 3.63) is 63.6 Å². The summed E-state index contributed by atoms with van der Waals surface area (Å²) < 4.78 is 1.02. The molecule has 4 heteroatoms. The van der Waals surface area contributed by atoms with Gasteiger partial charge in [0.05, 0.1) is 0 Å². The zero-order valence-corrected chi connectivity index (χ0v) is 13.4. The molecule has 3 N–H and O–H groups in total. The van der Waals surface area contributed by atoms with Crippen LogP contribution in [0.4, 0.5) is 5.69 Å². The molecule has 1 atom stereocenters. The van der Waals surface area contributed by atoms with Gasteiger partial charge in [0.1, 0.15) is 5.54 Å². The standard InChI is InChI=1S/C17H17BrN2O/c1-11-2-5-14(6-3-11)20-17(16(19)21)9-8-12-10-13(18)4-7-15(12)17/h2-7,10,20H,8-9H2,1H3,(H2,19,21). The number of carbonyl (C=O) groups excluding carboxylic acids is 1. The maximum absolute atomic E-state index is 12.2. The molecule has 0 bridgehead atoms. The Morgan fingerprint density at radius 2 is 1.95 bits per heavy atom. The monoisotopic (exact) mass is 344 g/mol. The third-order valence-corrected chi connectivity index (χ3v) is 4.62. The van der Waals surface area contributed by atoms with Crippen LogP contribution in [0.3, 0.4) is 0 Å². The normalized spacial score (nSPS) is 20.1. The minimum absolute atomic E-state index is 0.329. The van der Waals surface area contributed by atoms with Crippen LogP contribution in [0.1, 0.15) is 23.1 Å². The van der Waals surface area contributed by atoms with E-state index in [4.69, 9.17) is 5.73 Å². The van der Waals surface area contributed by atoms with Crippen LogP contribution in [0.5, 0.6) is 0 Å². The molecule has 3 nitrogen and oxygen atoms in total. The summed E-state index contributed by atoms with van der Waals surface area (Å²) in [4.78, 5) is 12.2. The zero-order valence-electron chi connectivity index (χ0n) is 11.8. The van der Waals surface area contributed by atoms with Crippen molar-refractivity contribution in [2.24, 2.45) is 5.73 Å². The van der Waals surface area contributed by atoms with Crippen molar-refractivity contribution in [3.63, 3.8) is 0 Å². The largest absolute Gasteiger partial charge is 0.368 e. The van der Waals surface area contributed by atoms with Crippen molar-refractivity contribution in [1.29, 1.82) is 0 Å². The summed E-state index contributed by atoms with van der Waals surface area (Å²) in [7, 11) is 0. The molecule has 3 rings (SSSR count). The highest BCUT2D eigenvalue weighted by Gasteiger charge is 2.44. The van der Waals surface area contributed by atoms with E-state index in [9.17, 15) is 4.79 Å². The van der Waals surface area contributed by atoms with Gasteiger partial charge in [0.15, 0.2) is 0 Å². The number of anilines is 1. The quantitative estimate of drug-likeness (QED) is 0.895. The lowest BCUT2D eigenvalue weighted by Gasteiger charge is -2.29. The molecule has 1 aliphatic carbocycles. The van der Waals surface area contributed by atoms with Crippen molar-refractivity contribution in [1.82, 2.24) is 0 Å². The number of benzene rings is 2. The van der Waals surface area contributed by atoms with Crippen molar-refractivity contribution in [2.45, 2.75) is 25.3 Å². The molecular weight excluding hydrogens is 328 g/mol. The van der Waals surface area contributed by atoms with Gasteiger partial charge in [0.25, 0.3) is 0 Å². The Hall–Kier alpha value is -1.81. The van der Waals surface area contributed by atoms with E-state index in [0.717, 1.165) is 22.1 Å². The van der Waals surface area contributed by atoms with E-state index >= 15 is 0 Å². The smallest absolute Gasteiger partial charge is 0.247 e. The average Bonchev–Trinajstić information content (AvgIpc) is 2.81. The van der Waals surface area contributed by atoms with Crippen LogP contribution < -0.4 is 11.1 Å². The molecule has 0 saturated carbocycles. The fourth-order valence-electron chi connectivity index (χ4n) is 2.97. The molecule has 0 aromatic heterocycles. The van der Waals surface area contributed by atoms with Crippen molar-refractivity contribution in [3.8, 4) is 0 Å². The third kappa shape index (κ3) is 2.44. The molecule has 2 aromatic rings. The third-order valence-electron chi connectivity index (χ3n) is 4.13. The van der Waals surface area contributed by atoms with Crippen molar-refractivity contribution < 1.29 is 4.79 Å². The molecule has 0 fully saturated rings. The fourth-order valence-corrected chi connectivity index (χ4v) is 3.38. The van der Waals surface area contributed by atoms with Gasteiger partial charge in [0.2, 0.25) is 5.91 Å². The lowest BCUT2D eigenvalue weighted by Crippen LogP contribution is -2.46. The molecule has 108 valence electrons. The van der Waals surface area contributed by atoms with Crippen LogP contribution in [-0.2, 0) is 16.8 Å². The van der Waals surface area contributed by atoms with Gasteiger partial charge in [-0.05, 0) is 55.2 Å². The lowest BCUT2D eigenvalue weighted by molar-refractivity contribution is -0.122. The lowest BCUT2D eigenvalue weighted by atomic mass is 9.90. The number of halogens is 1. The van der Waals surface area contributed by atoms with Crippen LogP contribution in [0, 0.1) is 6.92 Å². The summed E-state index contributed by atoms with van der Waals surface area (Å²) in [5.41, 5.74) is 9.19. The number of nitrogens with one attached hydrogen (secondary N) is 1. The minimum atomic E-state index is -0.814. The van der Waals surface area contributed by atoms with E-state index in [1.807, 2.05) is 43.3 Å². The number of hydrogen-bond acceptors (Lipinski definition) is 2. The molecule has 0 aliphatic heterocycles. The number of fused-ring (bicyclic) bond motifs is 1. The van der Waals surface area contributed by atoms with Crippen LogP contribution in [-0.4, -0.2) is 5.91 Å². The SMILES string of the molecule is Cc1ccc(NC2(C(N)=O)CCc3cc(Br)ccc32)cc1. The molecular formula is C17H17BrN2O. The Morgan fingerprint density at radius 3 is 2.62 bits per heavy atom. The molecule has 1 aliphatic rings. The van der Waals surface area contributed by atoms with Gasteiger partial charge in [0, 0.05) is 10.2 Å². The molecule has 21 heavy (non-hydrogen) atoms. The van der Waals surface area contributed by atoms with Gasteiger partial charge in [-0.3, -0.25) is 4.79 Å². The summed E-state index contributed by atoms with van der Waals surface area (Å²) in [6, 6.07) is 14.0. The molecule has 0 heterocycles. The van der Waals surface area contributed by atoms with E-state index in [-0.39, 0.29) is 5.91 Å². The first-order chi connectivity index (χ1) is 10.0. The summed E-state index contributed by atoms with van der Waals surface area (Å²) in [5, 5.41) is 3.37. The number of hydrogen-bond donors (Lipinski definition) is 2. The second kappa shape index (κ2) is 5.19. The molecule has 1 unspecified atom stereocenters. The highest BCUT2D eigenvalue weighted by atomic mass is 79.9. The molecule has 1 amide bonds. The number of aryl methyl sites for hydroxylation is 2. The second-order valence-corrected chi connectivity index (χ2v) is 6.48. The number of amides is 1. The first-order valence-corrected chi connectivity index (χ1v) is 7.74. The highest BCUT2D eigenvalue weighted by Crippen LogP contribution is 2.40. The highest BCUT2D eigenvalue weighted by molar-refractivity contribution is 9.10. The summed E-state index contributed by atoms with van der Waals surface area (Å²) in [6.45, 7) is 2.04. The van der Waals surface area contributed by atoms with Crippen molar-refractivity contribution >= 4 is 27.5 Å². The minimum Gasteiger partial charge on any atom is -0.368 e. The van der Waals surface area contributed by atoms with Gasteiger partial charge in [-0.15, -0.1) is 0 Å². The summed E-state index contributed by atoms with van der Waals surface area (Å²) >= 11 is 3.48. The summed E-state index contributed by atoms with van der Waals surface area (Å²) in [6.07, 6.45) is 1.53. The maximum atomic E-state index is 12.2. The predicted molar refractivity (Wildman–Crippen MR) is 88.1 cm³/mol. The Morgan fingerprint density at radius 1 is 1.24 bits per heavy atom. The number of primary amides is 1. The zero-order chi connectivity index (χ0) is 15.0. The Labute approximate surface area is 132 Å². The Kier molecular flexibility index (Phi) is 3.49. The van der Waals surface area contributed by atoms with Gasteiger partial charge in [-0.2, -0.15) is 0 Å². The summed E-state index contributed by atoms with van der Waals surface area (Å²) in [5.74, 6) is -0.329. The average molecular weight is 345 g/mol. The molecule has 2 aromatic carbocycles. The van der Waals surface area contributed by atoms with Crippen LogP contribution in [0.15, 0.2) is 46.9 Å². The van der Waals surface area contributed by atoms with E-state index < -0.39 is 5.54 Å². The predicted octanol–water partition coefficient (Wildman–Crippen LogP) is 3.50. The van der Waals surface area contributed by atoms with Crippen molar-refractivity contribution in [2.75, 3.05) is 5.32 Å². The van der Waals surface area contributed by atoms with E-state index in [1.54, 1.807) is 0 Å². The number of rotatable bonds is 3. The first-order valence-electron chi connectivity index (χ1n) is 6.95. The van der Waals surface area contributed by atoms with Crippen LogP contribution in [0.2, 0.25) is 0 Å². The Bertz CT molecular complexity index is 696. The Balaban J connectivity index is 2.03. The molecule has 0 radical (unpaired) electrons. The molecule has 0 saturated heterocycles. The van der Waals surface area contributed by atoms with E-state index in [1.165, 1.54) is 11.1 Å². The fraction of sp³-hybridized carbons (Fsp3) is 0.235. The number of nitrogens with two attached hydrogens (primary N) is 1. The number of carbonyl (C=O) groups is 1. The van der Waals surface area contributed by atoms with Gasteiger partial charge < -0.3 is 11.1 Å². The second-order valence-electron chi connectivity index (χ2n) is 5.56. The van der Waals surface area contributed by atoms with Gasteiger partial charge in [-0.1, -0.05) is 39.7 Å².